The zero-order valence-electron chi connectivity index (χ0n) is 29.6. The molecule has 7 aromatic carbocycles. The van der Waals surface area contributed by atoms with Gasteiger partial charge in [-0.15, -0.1) is 0 Å². The predicted molar refractivity (Wildman–Crippen MR) is 220 cm³/mol. The van der Waals surface area contributed by atoms with E-state index in [1.165, 1.54) is 44.2 Å². The third kappa shape index (κ3) is 5.24. The number of benzene rings is 7. The summed E-state index contributed by atoms with van der Waals surface area (Å²) in [4.78, 5) is 15.7. The van der Waals surface area contributed by atoms with Crippen LogP contribution in [0.3, 0.4) is 0 Å². The molecule has 0 aliphatic heterocycles. The second kappa shape index (κ2) is 12.2. The van der Waals surface area contributed by atoms with E-state index >= 15 is 0 Å². The van der Waals surface area contributed by atoms with Crippen LogP contribution in [0.15, 0.2) is 176 Å². The lowest BCUT2D eigenvalue weighted by Gasteiger charge is -2.22. The molecule has 1 aliphatic carbocycles. The molecule has 0 saturated heterocycles. The fourth-order valence-electron chi connectivity index (χ4n) is 8.16. The molecule has 2 aromatic heterocycles. The average molecular weight is 678 g/mol. The maximum absolute atomic E-state index is 5.44. The minimum absolute atomic E-state index is 0.130. The van der Waals surface area contributed by atoms with Gasteiger partial charge in [-0.25, -0.2) is 15.0 Å². The van der Waals surface area contributed by atoms with Gasteiger partial charge in [0.15, 0.2) is 5.82 Å². The highest BCUT2D eigenvalue weighted by Crippen LogP contribution is 2.51. The second-order valence-electron chi connectivity index (χ2n) is 14.4. The van der Waals surface area contributed by atoms with Crippen LogP contribution in [0.2, 0.25) is 0 Å². The minimum atomic E-state index is -0.130. The molecule has 0 amide bonds. The number of fused-ring (bicyclic) bond motifs is 5. The molecule has 0 radical (unpaired) electrons. The fraction of sp³-hybridized carbons (Fsp3) is 0.0600. The van der Waals surface area contributed by atoms with E-state index in [9.17, 15) is 0 Å². The van der Waals surface area contributed by atoms with Crippen LogP contribution in [-0.4, -0.2) is 15.0 Å². The normalized spacial score (nSPS) is 12.9. The van der Waals surface area contributed by atoms with Crippen molar-refractivity contribution >= 4 is 21.7 Å². The first-order chi connectivity index (χ1) is 26.0. The Morgan fingerprint density at radius 3 is 1.72 bits per heavy atom. The number of pyridine rings is 1. The van der Waals surface area contributed by atoms with E-state index in [-0.39, 0.29) is 5.41 Å². The summed E-state index contributed by atoms with van der Waals surface area (Å²) in [5.74, 6) is 0.680. The smallest absolute Gasteiger partial charge is 0.160 e. The number of rotatable bonds is 5. The molecule has 1 aliphatic rings. The number of hydrogen-bond donors (Lipinski definition) is 0. The Bertz CT molecular complexity index is 2790. The Balaban J connectivity index is 1.19. The van der Waals surface area contributed by atoms with Crippen LogP contribution in [0.5, 0.6) is 0 Å². The predicted octanol–water partition coefficient (Wildman–Crippen LogP) is 12.8. The van der Waals surface area contributed by atoms with Gasteiger partial charge in [0, 0.05) is 33.1 Å². The molecular weight excluding hydrogens is 643 g/mol. The van der Waals surface area contributed by atoms with Crippen molar-refractivity contribution in [3.8, 4) is 67.4 Å². The van der Waals surface area contributed by atoms with Crippen molar-refractivity contribution in [1.29, 1.82) is 0 Å². The molecule has 250 valence electrons. The van der Waals surface area contributed by atoms with Crippen molar-refractivity contribution in [2.45, 2.75) is 19.3 Å². The first kappa shape index (κ1) is 31.1. The summed E-state index contributed by atoms with van der Waals surface area (Å²) in [6, 6.07) is 62.4. The summed E-state index contributed by atoms with van der Waals surface area (Å²) < 4.78 is 0. The Morgan fingerprint density at radius 1 is 0.358 bits per heavy atom. The van der Waals surface area contributed by atoms with Crippen molar-refractivity contribution in [3.05, 3.63) is 187 Å². The molecule has 0 bridgehead atoms. The monoisotopic (exact) mass is 677 g/mol. The number of hydrogen-bond acceptors (Lipinski definition) is 3. The summed E-state index contributed by atoms with van der Waals surface area (Å²) in [6.45, 7) is 4.66. The molecule has 3 heteroatoms. The standard InChI is InChI=1S/C50H35N3/c1-50(2)43-26-12-11-24-39(43)41-28-42-40(38-25-14-20-32-15-9-10-23-37(32)38)29-45(51-48(42)30-44(41)50)35-21-13-22-36(27-35)49-52-46(33-16-5-3-6-17-33)31-47(53-49)34-18-7-4-8-19-34/h3-31H,1-2H3. The third-order valence-corrected chi connectivity index (χ3v) is 10.9. The molecule has 2 heterocycles. The van der Waals surface area contributed by atoms with Gasteiger partial charge in [0.25, 0.3) is 0 Å². The first-order valence-electron chi connectivity index (χ1n) is 18.2. The van der Waals surface area contributed by atoms with E-state index < -0.39 is 0 Å². The number of nitrogens with zero attached hydrogens (tertiary/aromatic N) is 3. The van der Waals surface area contributed by atoms with Gasteiger partial charge in [0.05, 0.1) is 22.6 Å². The molecule has 10 rings (SSSR count). The molecule has 0 unspecified atom stereocenters. The van der Waals surface area contributed by atoms with Crippen LogP contribution in [0.25, 0.3) is 89.1 Å². The minimum Gasteiger partial charge on any atom is -0.248 e. The largest absolute Gasteiger partial charge is 0.248 e. The van der Waals surface area contributed by atoms with Crippen LogP contribution in [-0.2, 0) is 5.41 Å². The number of aromatic nitrogens is 3. The van der Waals surface area contributed by atoms with Crippen LogP contribution in [0, 0.1) is 0 Å². The molecule has 0 spiro atoms. The molecule has 3 nitrogen and oxygen atoms in total. The Hall–Kier alpha value is -6.71. The fourth-order valence-corrected chi connectivity index (χ4v) is 8.16. The summed E-state index contributed by atoms with van der Waals surface area (Å²) in [6.07, 6.45) is 0. The molecule has 9 aromatic rings. The quantitative estimate of drug-likeness (QED) is 0.182. The van der Waals surface area contributed by atoms with Gasteiger partial charge in [-0.1, -0.05) is 159 Å². The SMILES string of the molecule is CC1(C)c2ccccc2-c2cc3c(-c4cccc5ccccc45)cc(-c4cccc(-c5nc(-c6ccccc6)cc(-c6ccccc6)n5)c4)nc3cc21. The highest BCUT2D eigenvalue weighted by Gasteiger charge is 2.36. The maximum Gasteiger partial charge on any atom is 0.160 e. The molecule has 53 heavy (non-hydrogen) atoms. The van der Waals surface area contributed by atoms with Crippen molar-refractivity contribution in [3.63, 3.8) is 0 Å². The van der Waals surface area contributed by atoms with E-state index in [4.69, 9.17) is 15.0 Å². The van der Waals surface area contributed by atoms with Crippen LogP contribution < -0.4 is 0 Å². The van der Waals surface area contributed by atoms with Gasteiger partial charge in [0.2, 0.25) is 0 Å². The van der Waals surface area contributed by atoms with E-state index in [1.807, 2.05) is 36.4 Å². The molecular formula is C50H35N3. The molecule has 0 N–H and O–H groups in total. The van der Waals surface area contributed by atoms with E-state index in [1.54, 1.807) is 0 Å². The highest BCUT2D eigenvalue weighted by molar-refractivity contribution is 6.07. The Morgan fingerprint density at radius 2 is 0.943 bits per heavy atom. The van der Waals surface area contributed by atoms with Gasteiger partial charge < -0.3 is 0 Å². The lowest BCUT2D eigenvalue weighted by Crippen LogP contribution is -2.14. The van der Waals surface area contributed by atoms with Gasteiger partial charge >= 0.3 is 0 Å². The van der Waals surface area contributed by atoms with Gasteiger partial charge in [-0.3, -0.25) is 0 Å². The maximum atomic E-state index is 5.44. The van der Waals surface area contributed by atoms with Crippen molar-refractivity contribution in [2.75, 3.05) is 0 Å². The average Bonchev–Trinajstić information content (AvgIpc) is 3.45. The van der Waals surface area contributed by atoms with E-state index in [0.29, 0.717) is 5.82 Å². The Kier molecular flexibility index (Phi) is 7.16. The van der Waals surface area contributed by atoms with Crippen molar-refractivity contribution < 1.29 is 0 Å². The summed E-state index contributed by atoms with van der Waals surface area (Å²) >= 11 is 0. The summed E-state index contributed by atoms with van der Waals surface area (Å²) in [7, 11) is 0. The zero-order valence-corrected chi connectivity index (χ0v) is 29.6. The second-order valence-corrected chi connectivity index (χ2v) is 14.4. The van der Waals surface area contributed by atoms with Crippen LogP contribution in [0.4, 0.5) is 0 Å². The first-order valence-corrected chi connectivity index (χ1v) is 18.2. The summed E-state index contributed by atoms with van der Waals surface area (Å²) in [5, 5.41) is 3.60. The van der Waals surface area contributed by atoms with Gasteiger partial charge in [-0.05, 0) is 74.5 Å². The Labute approximate surface area is 309 Å². The van der Waals surface area contributed by atoms with Crippen LogP contribution >= 0.6 is 0 Å². The lowest BCUT2D eigenvalue weighted by molar-refractivity contribution is 0.661. The van der Waals surface area contributed by atoms with Gasteiger partial charge in [0.1, 0.15) is 0 Å². The van der Waals surface area contributed by atoms with Crippen molar-refractivity contribution in [1.82, 2.24) is 15.0 Å². The third-order valence-electron chi connectivity index (χ3n) is 10.9. The van der Waals surface area contributed by atoms with Crippen LogP contribution in [0.1, 0.15) is 25.0 Å². The van der Waals surface area contributed by atoms with Crippen molar-refractivity contribution in [2.24, 2.45) is 0 Å². The zero-order chi connectivity index (χ0) is 35.5. The van der Waals surface area contributed by atoms with Gasteiger partial charge in [-0.2, -0.15) is 0 Å². The highest BCUT2D eigenvalue weighted by atomic mass is 14.9. The lowest BCUT2D eigenvalue weighted by atomic mass is 9.82. The molecule has 0 fully saturated rings. The van der Waals surface area contributed by atoms with E-state index in [2.05, 4.69) is 153 Å². The molecule has 0 saturated carbocycles. The summed E-state index contributed by atoms with van der Waals surface area (Å²) in [5.41, 5.74) is 15.3. The molecule has 0 atom stereocenters. The topological polar surface area (TPSA) is 38.7 Å². The van der Waals surface area contributed by atoms with E-state index in [0.717, 1.165) is 50.2 Å².